The molecular weight excluding hydrogens is 326 g/mol. The molecule has 0 saturated carbocycles. The van der Waals surface area contributed by atoms with Crippen LogP contribution >= 0.6 is 11.8 Å². The van der Waals surface area contributed by atoms with Crippen molar-refractivity contribution < 1.29 is 9.53 Å². The number of thioether (sulfide) groups is 1. The van der Waals surface area contributed by atoms with Crippen LogP contribution in [-0.2, 0) is 9.53 Å². The molecule has 1 amide bonds. The summed E-state index contributed by atoms with van der Waals surface area (Å²) in [5, 5.41) is 4.79. The summed E-state index contributed by atoms with van der Waals surface area (Å²) in [6.45, 7) is 11.0. The minimum absolute atomic E-state index is 0.0676. The van der Waals surface area contributed by atoms with Gasteiger partial charge in [0.05, 0.1) is 17.5 Å². The predicted octanol–water partition coefficient (Wildman–Crippen LogP) is 1.86. The van der Waals surface area contributed by atoms with E-state index in [0.29, 0.717) is 24.0 Å². The van der Waals surface area contributed by atoms with E-state index in [4.69, 9.17) is 4.74 Å². The number of hydrogen-bond donors (Lipinski definition) is 0. The molecule has 1 saturated heterocycles. The molecule has 1 fully saturated rings. The molecule has 3 atom stereocenters. The highest BCUT2D eigenvalue weighted by molar-refractivity contribution is 8.00. The Kier molecular flexibility index (Phi) is 4.78. The second kappa shape index (κ2) is 6.68. The number of amides is 1. The van der Waals surface area contributed by atoms with E-state index >= 15 is 0 Å². The topological polar surface area (TPSA) is 72.6 Å². The van der Waals surface area contributed by atoms with E-state index in [1.165, 1.54) is 11.8 Å². The number of carbonyl (C=O) groups excluding carboxylic acids is 1. The SMILES string of the molecule is Cc1cc(C)n2nc(SC(C)C(=O)N3CC(C)OC(C)C3)nc2n1. The van der Waals surface area contributed by atoms with Crippen molar-refractivity contribution in [1.82, 2.24) is 24.5 Å². The Morgan fingerprint density at radius 1 is 1.29 bits per heavy atom. The molecule has 0 spiro atoms. The van der Waals surface area contributed by atoms with Crippen molar-refractivity contribution in [2.75, 3.05) is 13.1 Å². The summed E-state index contributed by atoms with van der Waals surface area (Å²) >= 11 is 1.37. The number of aryl methyl sites for hydroxylation is 2. The van der Waals surface area contributed by atoms with E-state index in [0.717, 1.165) is 11.4 Å². The van der Waals surface area contributed by atoms with Gasteiger partial charge >= 0.3 is 0 Å². The lowest BCUT2D eigenvalue weighted by Crippen LogP contribution is -2.50. The molecule has 7 nitrogen and oxygen atoms in total. The lowest BCUT2D eigenvalue weighted by Gasteiger charge is -2.36. The first-order valence-electron chi connectivity index (χ1n) is 8.15. The van der Waals surface area contributed by atoms with E-state index in [1.807, 2.05) is 45.6 Å². The number of rotatable bonds is 3. The first kappa shape index (κ1) is 17.2. The van der Waals surface area contributed by atoms with Crippen LogP contribution in [0, 0.1) is 13.8 Å². The van der Waals surface area contributed by atoms with Gasteiger partial charge in [-0.3, -0.25) is 4.79 Å². The lowest BCUT2D eigenvalue weighted by molar-refractivity contribution is -0.142. The molecule has 2 aromatic heterocycles. The molecule has 0 bridgehead atoms. The minimum Gasteiger partial charge on any atom is -0.372 e. The minimum atomic E-state index is -0.249. The van der Waals surface area contributed by atoms with Gasteiger partial charge in [0.2, 0.25) is 11.1 Å². The highest BCUT2D eigenvalue weighted by atomic mass is 32.2. The molecule has 8 heteroatoms. The molecule has 3 rings (SSSR count). The van der Waals surface area contributed by atoms with E-state index in [2.05, 4.69) is 15.1 Å². The van der Waals surface area contributed by atoms with Gasteiger partial charge in [-0.25, -0.2) is 9.50 Å². The summed E-state index contributed by atoms with van der Waals surface area (Å²) in [6.07, 6.45) is 0.135. The molecule has 130 valence electrons. The van der Waals surface area contributed by atoms with Crippen molar-refractivity contribution in [2.24, 2.45) is 0 Å². The molecule has 1 aliphatic rings. The van der Waals surface area contributed by atoms with Crippen molar-refractivity contribution in [1.29, 1.82) is 0 Å². The summed E-state index contributed by atoms with van der Waals surface area (Å²) in [7, 11) is 0. The van der Waals surface area contributed by atoms with Crippen molar-refractivity contribution in [3.8, 4) is 0 Å². The van der Waals surface area contributed by atoms with Gasteiger partial charge in [-0.05, 0) is 40.7 Å². The first-order chi connectivity index (χ1) is 11.3. The second-order valence-electron chi connectivity index (χ2n) is 6.41. The Morgan fingerprint density at radius 3 is 2.62 bits per heavy atom. The number of fused-ring (bicyclic) bond motifs is 1. The van der Waals surface area contributed by atoms with Crippen LogP contribution in [0.2, 0.25) is 0 Å². The van der Waals surface area contributed by atoms with Crippen LogP contribution in [0.15, 0.2) is 11.2 Å². The van der Waals surface area contributed by atoms with Crippen LogP contribution < -0.4 is 0 Å². The molecule has 3 unspecified atom stereocenters. The highest BCUT2D eigenvalue weighted by Gasteiger charge is 2.29. The van der Waals surface area contributed by atoms with Gasteiger partial charge in [0.25, 0.3) is 5.78 Å². The van der Waals surface area contributed by atoms with Crippen molar-refractivity contribution in [2.45, 2.75) is 57.2 Å². The largest absolute Gasteiger partial charge is 0.372 e. The van der Waals surface area contributed by atoms with Gasteiger partial charge < -0.3 is 9.64 Å². The number of hydrogen-bond acceptors (Lipinski definition) is 6. The average molecular weight is 349 g/mol. The fourth-order valence-corrected chi connectivity index (χ4v) is 3.85. The number of ether oxygens (including phenoxy) is 1. The zero-order valence-electron chi connectivity index (χ0n) is 14.7. The van der Waals surface area contributed by atoms with Crippen LogP contribution in [0.3, 0.4) is 0 Å². The average Bonchev–Trinajstić information content (AvgIpc) is 2.88. The number of nitrogens with zero attached hydrogens (tertiary/aromatic N) is 5. The van der Waals surface area contributed by atoms with Crippen LogP contribution in [0.4, 0.5) is 0 Å². The third kappa shape index (κ3) is 3.54. The van der Waals surface area contributed by atoms with Gasteiger partial charge in [-0.1, -0.05) is 11.8 Å². The predicted molar refractivity (Wildman–Crippen MR) is 92.2 cm³/mol. The lowest BCUT2D eigenvalue weighted by atomic mass is 10.2. The molecule has 0 aliphatic carbocycles. The van der Waals surface area contributed by atoms with Gasteiger partial charge in [-0.2, -0.15) is 4.98 Å². The van der Waals surface area contributed by atoms with Crippen molar-refractivity contribution in [3.05, 3.63) is 17.5 Å². The third-order valence-electron chi connectivity index (χ3n) is 3.96. The van der Waals surface area contributed by atoms with Crippen molar-refractivity contribution in [3.63, 3.8) is 0 Å². The Hall–Kier alpha value is -1.67. The van der Waals surface area contributed by atoms with Gasteiger partial charge in [0, 0.05) is 24.5 Å². The zero-order valence-corrected chi connectivity index (χ0v) is 15.5. The second-order valence-corrected chi connectivity index (χ2v) is 7.71. The monoisotopic (exact) mass is 349 g/mol. The van der Waals surface area contributed by atoms with Gasteiger partial charge in [0.15, 0.2) is 0 Å². The van der Waals surface area contributed by atoms with E-state index in [1.54, 1.807) is 4.52 Å². The molecule has 1 aliphatic heterocycles. The Labute approximate surface area is 145 Å². The van der Waals surface area contributed by atoms with Crippen LogP contribution in [0.5, 0.6) is 0 Å². The number of morpholine rings is 1. The Balaban J connectivity index is 1.73. The third-order valence-corrected chi connectivity index (χ3v) is 4.90. The summed E-state index contributed by atoms with van der Waals surface area (Å²) in [5.74, 6) is 0.671. The molecule has 3 heterocycles. The molecule has 0 N–H and O–H groups in total. The molecule has 2 aromatic rings. The number of carbonyl (C=O) groups is 1. The molecule has 0 aromatic carbocycles. The van der Waals surface area contributed by atoms with Crippen LogP contribution in [-0.4, -0.2) is 60.9 Å². The smallest absolute Gasteiger partial charge is 0.253 e. The van der Waals surface area contributed by atoms with Gasteiger partial charge in [-0.15, -0.1) is 5.10 Å². The maximum Gasteiger partial charge on any atom is 0.253 e. The summed E-state index contributed by atoms with van der Waals surface area (Å²) < 4.78 is 7.41. The maximum absolute atomic E-state index is 12.7. The van der Waals surface area contributed by atoms with E-state index in [-0.39, 0.29) is 23.4 Å². The van der Waals surface area contributed by atoms with Gasteiger partial charge in [0.1, 0.15) is 0 Å². The quantitative estimate of drug-likeness (QED) is 0.788. The number of aromatic nitrogens is 4. The zero-order chi connectivity index (χ0) is 17.4. The normalized spacial score (nSPS) is 22.8. The van der Waals surface area contributed by atoms with Crippen molar-refractivity contribution >= 4 is 23.4 Å². The fourth-order valence-electron chi connectivity index (χ4n) is 3.02. The summed E-state index contributed by atoms with van der Waals surface area (Å²) in [4.78, 5) is 23.4. The van der Waals surface area contributed by atoms with Crippen LogP contribution in [0.1, 0.15) is 32.2 Å². The van der Waals surface area contributed by atoms with E-state index in [9.17, 15) is 4.79 Å². The molecule has 0 radical (unpaired) electrons. The van der Waals surface area contributed by atoms with E-state index < -0.39 is 0 Å². The first-order valence-corrected chi connectivity index (χ1v) is 9.03. The highest BCUT2D eigenvalue weighted by Crippen LogP contribution is 2.23. The standard InChI is InChI=1S/C16H23N5O2S/c1-9-6-10(2)21-15(17-9)18-16(19-21)24-13(5)14(22)20-7-11(3)23-12(4)8-20/h6,11-13H,7-8H2,1-5H3. The fraction of sp³-hybridized carbons (Fsp3) is 0.625. The molecule has 24 heavy (non-hydrogen) atoms. The maximum atomic E-state index is 12.7. The molecular formula is C16H23N5O2S. The Bertz CT molecular complexity index is 752. The summed E-state index contributed by atoms with van der Waals surface area (Å²) in [6, 6.07) is 1.96. The Morgan fingerprint density at radius 2 is 1.96 bits per heavy atom. The van der Waals surface area contributed by atoms with Crippen LogP contribution in [0.25, 0.3) is 5.78 Å². The summed E-state index contributed by atoms with van der Waals surface area (Å²) in [5.41, 5.74) is 1.89.